The molecule has 0 fully saturated rings. The monoisotopic (exact) mass is 512 g/mol. The fraction of sp³-hybridized carbons (Fsp3) is 0.219. The van der Waals surface area contributed by atoms with Crippen LogP contribution in [0.2, 0.25) is 0 Å². The number of nitrogens with zero attached hydrogens (tertiary/aromatic N) is 1. The number of nitrogens with two attached hydrogens (primary N) is 1. The first-order chi connectivity index (χ1) is 18.5. The minimum atomic E-state index is -0.464. The molecule has 0 heterocycles. The van der Waals surface area contributed by atoms with Gasteiger partial charge in [0.1, 0.15) is 5.75 Å². The molecule has 0 radical (unpaired) electrons. The fourth-order valence-electron chi connectivity index (χ4n) is 4.53. The third-order valence-corrected chi connectivity index (χ3v) is 6.49. The second kappa shape index (κ2) is 13.4. The molecule has 4 rings (SSSR count). The van der Waals surface area contributed by atoms with Crippen molar-refractivity contribution in [2.75, 3.05) is 26.8 Å². The van der Waals surface area contributed by atoms with Crippen LogP contribution in [-0.4, -0.2) is 37.6 Å². The van der Waals surface area contributed by atoms with E-state index in [4.69, 9.17) is 15.2 Å². The zero-order valence-corrected chi connectivity index (χ0v) is 21.6. The lowest BCUT2D eigenvalue weighted by Crippen LogP contribution is -2.30. The maximum atomic E-state index is 14.5. The van der Waals surface area contributed by atoms with E-state index in [1.807, 2.05) is 18.2 Å². The molecule has 0 atom stereocenters. The molecule has 38 heavy (non-hydrogen) atoms. The fourth-order valence-corrected chi connectivity index (χ4v) is 4.53. The molecule has 0 aromatic heterocycles. The van der Waals surface area contributed by atoms with Gasteiger partial charge in [0, 0.05) is 31.1 Å². The Morgan fingerprint density at radius 1 is 0.895 bits per heavy atom. The van der Waals surface area contributed by atoms with Crippen LogP contribution in [0.15, 0.2) is 103 Å². The molecule has 0 aliphatic heterocycles. The number of methoxy groups -OCH3 is 1. The molecular weight excluding hydrogens is 479 g/mol. The van der Waals surface area contributed by atoms with Gasteiger partial charge in [-0.2, -0.15) is 0 Å². The van der Waals surface area contributed by atoms with Crippen molar-refractivity contribution in [3.63, 3.8) is 0 Å². The topological polar surface area (TPSA) is 64.8 Å². The predicted octanol–water partition coefficient (Wildman–Crippen LogP) is 6.04. The third kappa shape index (κ3) is 7.43. The van der Waals surface area contributed by atoms with Crippen LogP contribution in [0.1, 0.15) is 39.4 Å². The number of halogens is 1. The first-order valence-corrected chi connectivity index (χ1v) is 12.7. The summed E-state index contributed by atoms with van der Waals surface area (Å²) in [7, 11) is 1.47. The highest BCUT2D eigenvalue weighted by Crippen LogP contribution is 2.27. The summed E-state index contributed by atoms with van der Waals surface area (Å²) in [4.78, 5) is 13.6. The average molecular weight is 513 g/mol. The zero-order valence-electron chi connectivity index (χ0n) is 21.6. The molecule has 196 valence electrons. The number of rotatable bonds is 13. The van der Waals surface area contributed by atoms with Crippen molar-refractivity contribution in [1.29, 1.82) is 0 Å². The van der Waals surface area contributed by atoms with Crippen LogP contribution >= 0.6 is 0 Å². The summed E-state index contributed by atoms with van der Waals surface area (Å²) in [6.07, 6.45) is 0.770. The average Bonchev–Trinajstić information content (AvgIpc) is 2.95. The highest BCUT2D eigenvalue weighted by Gasteiger charge is 2.19. The number of ether oxygens (including phenoxy) is 2. The van der Waals surface area contributed by atoms with Gasteiger partial charge in [0.05, 0.1) is 13.7 Å². The number of primary amides is 1. The normalized spacial score (nSPS) is 11.1. The number of carbonyl (C=O) groups excluding carboxylic acids is 1. The Kier molecular flexibility index (Phi) is 9.48. The molecule has 0 bridgehead atoms. The molecule has 0 aliphatic carbocycles. The van der Waals surface area contributed by atoms with Gasteiger partial charge >= 0.3 is 0 Å². The van der Waals surface area contributed by atoms with Gasteiger partial charge in [-0.1, -0.05) is 66.7 Å². The minimum absolute atomic E-state index is 0.155. The first kappa shape index (κ1) is 26.9. The second-order valence-corrected chi connectivity index (χ2v) is 9.17. The molecule has 5 nitrogen and oxygen atoms in total. The van der Waals surface area contributed by atoms with Crippen LogP contribution in [0.4, 0.5) is 4.39 Å². The van der Waals surface area contributed by atoms with Crippen molar-refractivity contribution in [2.45, 2.75) is 18.9 Å². The van der Waals surface area contributed by atoms with E-state index in [-0.39, 0.29) is 17.5 Å². The van der Waals surface area contributed by atoms with Crippen LogP contribution in [0, 0.1) is 5.82 Å². The summed E-state index contributed by atoms with van der Waals surface area (Å²) in [5, 5.41) is 0. The lowest BCUT2D eigenvalue weighted by molar-refractivity contribution is 0.1000. The van der Waals surface area contributed by atoms with Crippen molar-refractivity contribution in [1.82, 2.24) is 4.90 Å². The minimum Gasteiger partial charge on any atom is -0.494 e. The Morgan fingerprint density at radius 3 is 2.08 bits per heavy atom. The Morgan fingerprint density at radius 2 is 1.53 bits per heavy atom. The van der Waals surface area contributed by atoms with Gasteiger partial charge in [-0.05, 0) is 59.5 Å². The summed E-state index contributed by atoms with van der Waals surface area (Å²) in [6.45, 7) is 2.60. The number of hydrogen-bond acceptors (Lipinski definition) is 4. The predicted molar refractivity (Wildman–Crippen MR) is 148 cm³/mol. The molecule has 0 spiro atoms. The van der Waals surface area contributed by atoms with E-state index in [9.17, 15) is 9.18 Å². The highest BCUT2D eigenvalue weighted by molar-refractivity contribution is 5.92. The van der Waals surface area contributed by atoms with Crippen molar-refractivity contribution in [3.05, 3.63) is 131 Å². The Labute approximate surface area is 223 Å². The van der Waals surface area contributed by atoms with Gasteiger partial charge in [0.25, 0.3) is 0 Å². The maximum absolute atomic E-state index is 14.5. The third-order valence-electron chi connectivity index (χ3n) is 6.49. The van der Waals surface area contributed by atoms with E-state index in [0.717, 1.165) is 25.1 Å². The van der Waals surface area contributed by atoms with E-state index < -0.39 is 5.91 Å². The molecule has 4 aromatic rings. The van der Waals surface area contributed by atoms with Gasteiger partial charge in [0.15, 0.2) is 11.6 Å². The van der Waals surface area contributed by atoms with Crippen LogP contribution in [-0.2, 0) is 6.54 Å². The zero-order chi connectivity index (χ0) is 26.7. The highest BCUT2D eigenvalue weighted by atomic mass is 19.1. The number of amides is 1. The lowest BCUT2D eigenvalue weighted by Gasteiger charge is -2.28. The van der Waals surface area contributed by atoms with E-state index in [1.54, 1.807) is 36.4 Å². The van der Waals surface area contributed by atoms with E-state index in [2.05, 4.69) is 53.4 Å². The van der Waals surface area contributed by atoms with Crippen LogP contribution in [0.5, 0.6) is 11.5 Å². The van der Waals surface area contributed by atoms with Crippen molar-refractivity contribution >= 4 is 5.91 Å². The Hall–Kier alpha value is -4.16. The van der Waals surface area contributed by atoms with Gasteiger partial charge in [-0.25, -0.2) is 4.39 Å². The summed E-state index contributed by atoms with van der Waals surface area (Å²) in [6, 6.07) is 32.9. The molecule has 2 N–H and O–H groups in total. The van der Waals surface area contributed by atoms with Crippen LogP contribution in [0.3, 0.4) is 0 Å². The molecule has 0 saturated carbocycles. The van der Waals surface area contributed by atoms with E-state index >= 15 is 0 Å². The smallest absolute Gasteiger partial charge is 0.248 e. The van der Waals surface area contributed by atoms with E-state index in [1.165, 1.54) is 18.2 Å². The number of hydrogen-bond donors (Lipinski definition) is 1. The van der Waals surface area contributed by atoms with Crippen LogP contribution in [0.25, 0.3) is 0 Å². The molecule has 1 amide bonds. The summed E-state index contributed by atoms with van der Waals surface area (Å²) >= 11 is 0. The summed E-state index contributed by atoms with van der Waals surface area (Å²) in [5.41, 5.74) is 9.11. The van der Waals surface area contributed by atoms with Gasteiger partial charge < -0.3 is 15.2 Å². The standard InChI is InChI=1S/C32H33FN2O3/c1-37-31-18-13-24(21-30(31)33)22-35(19-8-20-38-28-16-14-27(15-17-28)32(34)36)23-29(25-9-4-2-5-10-25)26-11-6-3-7-12-26/h2-7,9-18,21,29H,8,19-20,22-23H2,1H3,(H2,34,36). The Balaban J connectivity index is 1.49. The number of benzene rings is 4. The molecule has 0 aliphatic rings. The maximum Gasteiger partial charge on any atom is 0.248 e. The molecule has 6 heteroatoms. The second-order valence-electron chi connectivity index (χ2n) is 9.17. The van der Waals surface area contributed by atoms with Gasteiger partial charge in [0.2, 0.25) is 5.91 Å². The molecule has 0 unspecified atom stereocenters. The first-order valence-electron chi connectivity index (χ1n) is 12.7. The summed E-state index contributed by atoms with van der Waals surface area (Å²) < 4.78 is 25.5. The molecule has 4 aromatic carbocycles. The van der Waals surface area contributed by atoms with Crippen molar-refractivity contribution < 1.29 is 18.7 Å². The van der Waals surface area contributed by atoms with Gasteiger partial charge in [-0.15, -0.1) is 0 Å². The molecular formula is C32H33FN2O3. The largest absolute Gasteiger partial charge is 0.494 e. The lowest BCUT2D eigenvalue weighted by atomic mass is 9.90. The quantitative estimate of drug-likeness (QED) is 0.222. The Bertz CT molecular complexity index is 1260. The summed E-state index contributed by atoms with van der Waals surface area (Å²) in [5.74, 6) is 0.249. The van der Waals surface area contributed by atoms with E-state index in [0.29, 0.717) is 24.5 Å². The van der Waals surface area contributed by atoms with Crippen molar-refractivity contribution in [3.8, 4) is 11.5 Å². The number of carbonyl (C=O) groups is 1. The molecule has 0 saturated heterocycles. The van der Waals surface area contributed by atoms with Gasteiger partial charge in [-0.3, -0.25) is 9.69 Å². The van der Waals surface area contributed by atoms with Crippen LogP contribution < -0.4 is 15.2 Å². The SMILES string of the molecule is COc1ccc(CN(CCCOc2ccc(C(N)=O)cc2)CC(c2ccccc2)c2ccccc2)cc1F. The van der Waals surface area contributed by atoms with Crippen molar-refractivity contribution in [2.24, 2.45) is 5.73 Å².